The summed E-state index contributed by atoms with van der Waals surface area (Å²) in [5.74, 6) is 0. The minimum absolute atomic E-state index is 0.113. The average molecular weight is 240 g/mol. The molecule has 2 atom stereocenters. The van der Waals surface area contributed by atoms with Crippen LogP contribution in [0.3, 0.4) is 0 Å². The van der Waals surface area contributed by atoms with Gasteiger partial charge in [-0.1, -0.05) is 21.6 Å². The zero-order chi connectivity index (χ0) is 9.69. The van der Waals surface area contributed by atoms with E-state index >= 15 is 0 Å². The van der Waals surface area contributed by atoms with Gasteiger partial charge in [0.15, 0.2) is 9.84 Å². The van der Waals surface area contributed by atoms with Crippen molar-refractivity contribution >= 4 is 31.4 Å². The summed E-state index contributed by atoms with van der Waals surface area (Å²) in [4.78, 5) is 0. The van der Waals surface area contributed by atoms with Crippen LogP contribution in [0.5, 0.6) is 0 Å². The first-order valence-corrected chi connectivity index (χ1v) is 8.22. The fourth-order valence-corrected chi connectivity index (χ4v) is 8.11. The highest BCUT2D eigenvalue weighted by Gasteiger charge is 2.61. The average Bonchev–Trinajstić information content (AvgIpc) is 2.62. The molecule has 1 aliphatic carbocycles. The summed E-state index contributed by atoms with van der Waals surface area (Å²) in [6.45, 7) is 0. The van der Waals surface area contributed by atoms with Crippen molar-refractivity contribution in [3.05, 3.63) is 0 Å². The van der Waals surface area contributed by atoms with Crippen LogP contribution < -0.4 is 0 Å². The van der Waals surface area contributed by atoms with Crippen molar-refractivity contribution in [3.8, 4) is 0 Å². The summed E-state index contributed by atoms with van der Waals surface area (Å²) in [6, 6.07) is 0. The molecule has 1 saturated heterocycles. The van der Waals surface area contributed by atoms with Crippen LogP contribution >= 0.6 is 21.6 Å². The lowest BCUT2D eigenvalue weighted by atomic mass is 10.2. The van der Waals surface area contributed by atoms with Crippen molar-refractivity contribution in [1.29, 1.82) is 0 Å². The first-order valence-electron chi connectivity index (χ1n) is 4.06. The molecule has 2 unspecified atom stereocenters. The highest BCUT2D eigenvalue weighted by molar-refractivity contribution is 8.79. The molecule has 2 aliphatic rings. The van der Waals surface area contributed by atoms with Crippen LogP contribution in [0, 0.1) is 0 Å². The molecule has 0 aromatic heterocycles. The van der Waals surface area contributed by atoms with E-state index in [0.29, 0.717) is 0 Å². The van der Waals surface area contributed by atoms with Crippen LogP contribution in [0.15, 0.2) is 0 Å². The van der Waals surface area contributed by atoms with Gasteiger partial charge in [0.05, 0.1) is 10.9 Å². The molecule has 1 spiro atoms. The van der Waals surface area contributed by atoms with Gasteiger partial charge >= 0.3 is 0 Å². The van der Waals surface area contributed by atoms with Crippen molar-refractivity contribution in [2.75, 3.05) is 13.4 Å². The Morgan fingerprint density at radius 1 is 1.46 bits per heavy atom. The lowest BCUT2D eigenvalue weighted by Crippen LogP contribution is -2.35. The predicted octanol–water partition coefficient (Wildman–Crippen LogP) is 1.30. The molecule has 13 heavy (non-hydrogen) atoms. The van der Waals surface area contributed by atoms with E-state index in [1.165, 1.54) is 17.0 Å². The van der Waals surface area contributed by atoms with Crippen LogP contribution in [0.1, 0.15) is 12.8 Å². The van der Waals surface area contributed by atoms with Gasteiger partial charge in [0.25, 0.3) is 0 Å². The Kier molecular flexibility index (Phi) is 2.38. The van der Waals surface area contributed by atoms with E-state index in [1.54, 1.807) is 17.9 Å². The lowest BCUT2D eigenvalue weighted by Gasteiger charge is -2.19. The summed E-state index contributed by atoms with van der Waals surface area (Å²) in [5, 5.41) is 0. The largest absolute Gasteiger partial charge is 0.378 e. The Balaban J connectivity index is 2.24. The molecule has 1 saturated carbocycles. The second kappa shape index (κ2) is 3.05. The Hall–Kier alpha value is 0.610. The van der Waals surface area contributed by atoms with Crippen LogP contribution in [0.25, 0.3) is 0 Å². The lowest BCUT2D eigenvalue weighted by molar-refractivity contribution is 0.109. The molecule has 0 radical (unpaired) electrons. The van der Waals surface area contributed by atoms with Gasteiger partial charge in [-0.15, -0.1) is 0 Å². The number of sulfone groups is 1. The molecule has 1 aliphatic heterocycles. The fourth-order valence-electron chi connectivity index (χ4n) is 1.60. The molecule has 0 bridgehead atoms. The monoisotopic (exact) mass is 240 g/mol. The summed E-state index contributed by atoms with van der Waals surface area (Å²) in [6.07, 6.45) is 3.36. The SMILES string of the molecule is COC1C(S(C)(=O)=O)SSC12CC2. The Morgan fingerprint density at radius 3 is 2.46 bits per heavy atom. The maximum absolute atomic E-state index is 11.4. The van der Waals surface area contributed by atoms with Gasteiger partial charge in [-0.3, -0.25) is 0 Å². The van der Waals surface area contributed by atoms with Gasteiger partial charge in [0, 0.05) is 13.4 Å². The molecule has 0 N–H and O–H groups in total. The quantitative estimate of drug-likeness (QED) is 0.681. The zero-order valence-electron chi connectivity index (χ0n) is 7.52. The molecular formula is C7H12O3S3. The number of rotatable bonds is 2. The number of hydrogen-bond acceptors (Lipinski definition) is 5. The summed E-state index contributed by atoms with van der Waals surface area (Å²) in [7, 11) is 1.77. The van der Waals surface area contributed by atoms with Gasteiger partial charge in [-0.2, -0.15) is 0 Å². The maximum Gasteiger partial charge on any atom is 0.163 e. The summed E-state index contributed by atoms with van der Waals surface area (Å²) >= 11 is 0. The van der Waals surface area contributed by atoms with Crippen molar-refractivity contribution in [2.24, 2.45) is 0 Å². The molecule has 2 rings (SSSR count). The Morgan fingerprint density at radius 2 is 2.08 bits per heavy atom. The first-order chi connectivity index (χ1) is 5.99. The number of methoxy groups -OCH3 is 1. The topological polar surface area (TPSA) is 43.4 Å². The fraction of sp³-hybridized carbons (Fsp3) is 1.00. The number of hydrogen-bond donors (Lipinski definition) is 0. The second-order valence-corrected chi connectivity index (χ2v) is 8.82. The third-order valence-corrected chi connectivity index (χ3v) is 8.70. The third kappa shape index (κ3) is 1.62. The van der Waals surface area contributed by atoms with Gasteiger partial charge in [-0.05, 0) is 12.8 Å². The molecule has 76 valence electrons. The first kappa shape index (κ1) is 10.1. The second-order valence-electron chi connectivity index (χ2n) is 3.60. The zero-order valence-corrected chi connectivity index (χ0v) is 9.97. The molecular weight excluding hydrogens is 228 g/mol. The molecule has 3 nitrogen and oxygen atoms in total. The molecule has 0 aromatic rings. The molecule has 2 fully saturated rings. The molecule has 0 aromatic carbocycles. The van der Waals surface area contributed by atoms with Crippen molar-refractivity contribution in [3.63, 3.8) is 0 Å². The number of ether oxygens (including phenoxy) is 1. The van der Waals surface area contributed by atoms with E-state index in [0.717, 1.165) is 12.8 Å². The van der Waals surface area contributed by atoms with Crippen molar-refractivity contribution in [1.82, 2.24) is 0 Å². The van der Waals surface area contributed by atoms with E-state index < -0.39 is 9.84 Å². The van der Waals surface area contributed by atoms with Crippen LogP contribution in [-0.4, -0.2) is 37.2 Å². The van der Waals surface area contributed by atoms with Gasteiger partial charge in [0.2, 0.25) is 0 Å². The van der Waals surface area contributed by atoms with Crippen molar-refractivity contribution in [2.45, 2.75) is 28.3 Å². The van der Waals surface area contributed by atoms with E-state index in [9.17, 15) is 8.42 Å². The van der Waals surface area contributed by atoms with Gasteiger partial charge in [0.1, 0.15) is 4.58 Å². The van der Waals surface area contributed by atoms with Crippen LogP contribution in [0.4, 0.5) is 0 Å². The minimum Gasteiger partial charge on any atom is -0.378 e. The highest BCUT2D eigenvalue weighted by atomic mass is 33.1. The highest BCUT2D eigenvalue weighted by Crippen LogP contribution is 2.65. The van der Waals surface area contributed by atoms with E-state index in [4.69, 9.17) is 4.74 Å². The van der Waals surface area contributed by atoms with E-state index in [-0.39, 0.29) is 15.4 Å². The van der Waals surface area contributed by atoms with E-state index in [2.05, 4.69) is 0 Å². The van der Waals surface area contributed by atoms with Gasteiger partial charge in [-0.25, -0.2) is 8.42 Å². The molecule has 6 heteroatoms. The minimum atomic E-state index is -2.98. The third-order valence-electron chi connectivity index (χ3n) is 2.49. The summed E-state index contributed by atoms with van der Waals surface area (Å²) in [5.41, 5.74) is 0. The maximum atomic E-state index is 11.4. The van der Waals surface area contributed by atoms with Crippen molar-refractivity contribution < 1.29 is 13.2 Å². The van der Waals surface area contributed by atoms with Crippen LogP contribution in [-0.2, 0) is 14.6 Å². The van der Waals surface area contributed by atoms with E-state index in [1.807, 2.05) is 0 Å². The Labute approximate surface area is 86.3 Å². The Bertz CT molecular complexity index is 307. The summed E-state index contributed by atoms with van der Waals surface area (Å²) < 4.78 is 27.9. The normalized spacial score (nSPS) is 36.8. The molecule has 1 heterocycles. The standard InChI is InChI=1S/C7H12O3S3/c1-10-5-6(13(2,8)9)11-12-7(5)3-4-7/h5-6H,3-4H2,1-2H3. The molecule has 0 amide bonds. The van der Waals surface area contributed by atoms with Gasteiger partial charge < -0.3 is 4.74 Å². The predicted molar refractivity (Wildman–Crippen MR) is 56.6 cm³/mol. The smallest absolute Gasteiger partial charge is 0.163 e. The van der Waals surface area contributed by atoms with Crippen LogP contribution in [0.2, 0.25) is 0 Å².